The van der Waals surface area contributed by atoms with Crippen LogP contribution >= 0.6 is 0 Å². The summed E-state index contributed by atoms with van der Waals surface area (Å²) in [6.07, 6.45) is 2.62. The minimum atomic E-state index is -0.372. The third-order valence-electron chi connectivity index (χ3n) is 3.66. The van der Waals surface area contributed by atoms with Crippen LogP contribution in [0.4, 0.5) is 5.69 Å². The van der Waals surface area contributed by atoms with Crippen LogP contribution < -0.4 is 11.1 Å². The van der Waals surface area contributed by atoms with Crippen molar-refractivity contribution in [3.05, 3.63) is 29.3 Å². The maximum atomic E-state index is 12.6. The van der Waals surface area contributed by atoms with Gasteiger partial charge in [-0.3, -0.25) is 9.59 Å². The van der Waals surface area contributed by atoms with E-state index in [4.69, 9.17) is 5.73 Å². The van der Waals surface area contributed by atoms with Crippen LogP contribution in [0.15, 0.2) is 18.2 Å². The molecule has 1 aromatic rings. The van der Waals surface area contributed by atoms with Crippen molar-refractivity contribution in [2.45, 2.75) is 32.2 Å². The monoisotopic (exact) mass is 275 g/mol. The molecule has 1 aromatic carbocycles. The Bertz CT molecular complexity index is 508. The van der Waals surface area contributed by atoms with Gasteiger partial charge in [-0.1, -0.05) is 0 Å². The largest absolute Gasteiger partial charge is 0.399 e. The van der Waals surface area contributed by atoms with Gasteiger partial charge in [0.2, 0.25) is 5.91 Å². The number of likely N-dealkylation sites (N-methyl/N-ethyl adjacent to an activating group) is 1. The number of carbonyl (C=O) groups is 2. The lowest BCUT2D eigenvalue weighted by Gasteiger charge is -2.34. The second-order valence-electron chi connectivity index (χ2n) is 5.26. The van der Waals surface area contributed by atoms with Crippen molar-refractivity contribution in [3.63, 3.8) is 0 Å². The fourth-order valence-electron chi connectivity index (χ4n) is 2.72. The summed E-state index contributed by atoms with van der Waals surface area (Å²) in [4.78, 5) is 26.2. The number of hydrogen-bond acceptors (Lipinski definition) is 3. The topological polar surface area (TPSA) is 75.4 Å². The van der Waals surface area contributed by atoms with Gasteiger partial charge in [0.25, 0.3) is 5.91 Å². The average Bonchev–Trinajstić information content (AvgIpc) is 2.44. The zero-order valence-electron chi connectivity index (χ0n) is 12.0. The molecule has 2 amide bonds. The molecule has 2 rings (SSSR count). The molecule has 0 radical (unpaired) electrons. The second-order valence-corrected chi connectivity index (χ2v) is 5.26. The van der Waals surface area contributed by atoms with Gasteiger partial charge in [-0.25, -0.2) is 0 Å². The number of nitrogen functional groups attached to an aromatic ring is 1. The molecule has 1 aliphatic rings. The molecule has 5 heteroatoms. The number of hydrogen-bond donors (Lipinski definition) is 2. The summed E-state index contributed by atoms with van der Waals surface area (Å²) in [5.41, 5.74) is 7.87. The summed E-state index contributed by atoms with van der Waals surface area (Å²) >= 11 is 0. The summed E-state index contributed by atoms with van der Waals surface area (Å²) in [5, 5.41) is 2.64. The molecule has 3 N–H and O–H groups in total. The van der Waals surface area contributed by atoms with Gasteiger partial charge >= 0.3 is 0 Å². The van der Waals surface area contributed by atoms with E-state index in [9.17, 15) is 9.59 Å². The molecular formula is C15H21N3O2. The van der Waals surface area contributed by atoms with Gasteiger partial charge in [0.1, 0.15) is 6.04 Å². The summed E-state index contributed by atoms with van der Waals surface area (Å²) < 4.78 is 0. The molecule has 1 unspecified atom stereocenters. The molecule has 1 atom stereocenters. The van der Waals surface area contributed by atoms with Gasteiger partial charge in [-0.05, 0) is 49.9 Å². The van der Waals surface area contributed by atoms with E-state index in [0.717, 1.165) is 18.4 Å². The number of likely N-dealkylation sites (tertiary alicyclic amines) is 1. The van der Waals surface area contributed by atoms with Crippen LogP contribution in [0.3, 0.4) is 0 Å². The van der Waals surface area contributed by atoms with Gasteiger partial charge in [0, 0.05) is 24.8 Å². The van der Waals surface area contributed by atoms with Crippen LogP contribution in [-0.4, -0.2) is 36.3 Å². The quantitative estimate of drug-likeness (QED) is 0.799. The Kier molecular flexibility index (Phi) is 4.27. The van der Waals surface area contributed by atoms with Crippen molar-refractivity contribution in [2.75, 3.05) is 19.3 Å². The maximum Gasteiger partial charge on any atom is 0.254 e. The third kappa shape index (κ3) is 2.92. The number of rotatable bonds is 2. The Labute approximate surface area is 119 Å². The Morgan fingerprint density at radius 2 is 2.05 bits per heavy atom. The van der Waals surface area contributed by atoms with Gasteiger partial charge in [0.15, 0.2) is 0 Å². The van der Waals surface area contributed by atoms with E-state index in [-0.39, 0.29) is 17.9 Å². The molecule has 0 aromatic heterocycles. The number of amides is 2. The number of nitrogens with zero attached hydrogens (tertiary/aromatic N) is 1. The average molecular weight is 275 g/mol. The lowest BCUT2D eigenvalue weighted by molar-refractivity contribution is -0.126. The number of carbonyl (C=O) groups excluding carboxylic acids is 2. The highest BCUT2D eigenvalue weighted by atomic mass is 16.2. The van der Waals surface area contributed by atoms with Crippen LogP contribution in [-0.2, 0) is 4.79 Å². The second kappa shape index (κ2) is 5.94. The first-order chi connectivity index (χ1) is 9.52. The van der Waals surface area contributed by atoms with Crippen molar-refractivity contribution in [2.24, 2.45) is 0 Å². The molecule has 108 valence electrons. The number of benzene rings is 1. The first kappa shape index (κ1) is 14.4. The molecule has 5 nitrogen and oxygen atoms in total. The Morgan fingerprint density at radius 3 is 2.70 bits per heavy atom. The van der Waals surface area contributed by atoms with Crippen molar-refractivity contribution < 1.29 is 9.59 Å². The molecule has 0 saturated carbocycles. The summed E-state index contributed by atoms with van der Waals surface area (Å²) in [6.45, 7) is 2.52. The molecule has 1 aliphatic heterocycles. The lowest BCUT2D eigenvalue weighted by Crippen LogP contribution is -2.51. The first-order valence-electron chi connectivity index (χ1n) is 6.92. The lowest BCUT2D eigenvalue weighted by atomic mass is 9.99. The number of anilines is 1. The highest BCUT2D eigenvalue weighted by Gasteiger charge is 2.32. The summed E-state index contributed by atoms with van der Waals surface area (Å²) in [7, 11) is 1.60. The summed E-state index contributed by atoms with van der Waals surface area (Å²) in [6, 6.07) is 4.94. The van der Waals surface area contributed by atoms with E-state index in [1.54, 1.807) is 18.0 Å². The van der Waals surface area contributed by atoms with Crippen LogP contribution in [0.2, 0.25) is 0 Å². The van der Waals surface area contributed by atoms with Crippen LogP contribution in [0.5, 0.6) is 0 Å². The van der Waals surface area contributed by atoms with Crippen molar-refractivity contribution in [3.8, 4) is 0 Å². The van der Waals surface area contributed by atoms with E-state index in [2.05, 4.69) is 5.32 Å². The van der Waals surface area contributed by atoms with Gasteiger partial charge in [-0.2, -0.15) is 0 Å². The van der Waals surface area contributed by atoms with E-state index >= 15 is 0 Å². The van der Waals surface area contributed by atoms with E-state index in [0.29, 0.717) is 24.2 Å². The van der Waals surface area contributed by atoms with Gasteiger partial charge in [-0.15, -0.1) is 0 Å². The fraction of sp³-hybridized carbons (Fsp3) is 0.467. The Morgan fingerprint density at radius 1 is 1.30 bits per heavy atom. The highest BCUT2D eigenvalue weighted by Crippen LogP contribution is 2.21. The van der Waals surface area contributed by atoms with E-state index < -0.39 is 0 Å². The fourth-order valence-corrected chi connectivity index (χ4v) is 2.72. The zero-order chi connectivity index (χ0) is 14.7. The van der Waals surface area contributed by atoms with Crippen molar-refractivity contribution >= 4 is 17.5 Å². The smallest absolute Gasteiger partial charge is 0.254 e. The number of nitrogens with two attached hydrogens (primary N) is 1. The van der Waals surface area contributed by atoms with E-state index in [1.165, 1.54) is 0 Å². The predicted molar refractivity (Wildman–Crippen MR) is 78.3 cm³/mol. The first-order valence-corrected chi connectivity index (χ1v) is 6.92. The number of nitrogens with one attached hydrogen (secondary N) is 1. The standard InChI is InChI=1S/C15H21N3O2/c1-10-7-11(9-12(16)8-10)15(20)18-6-4-3-5-13(18)14(19)17-2/h7-9,13H,3-6,16H2,1-2H3,(H,17,19). The molecule has 0 bridgehead atoms. The highest BCUT2D eigenvalue weighted by molar-refractivity contribution is 5.98. The third-order valence-corrected chi connectivity index (χ3v) is 3.66. The molecule has 0 aliphatic carbocycles. The zero-order valence-corrected chi connectivity index (χ0v) is 12.0. The van der Waals surface area contributed by atoms with Crippen LogP contribution in [0, 0.1) is 6.92 Å². The number of piperidine rings is 1. The molecule has 1 heterocycles. The molecule has 1 saturated heterocycles. The molecule has 0 spiro atoms. The number of aryl methyl sites for hydroxylation is 1. The minimum absolute atomic E-state index is 0.0984. The molecular weight excluding hydrogens is 254 g/mol. The van der Waals surface area contributed by atoms with Crippen molar-refractivity contribution in [1.29, 1.82) is 0 Å². The van der Waals surface area contributed by atoms with Crippen molar-refractivity contribution in [1.82, 2.24) is 10.2 Å². The molecule has 20 heavy (non-hydrogen) atoms. The normalized spacial score (nSPS) is 18.7. The Balaban J connectivity index is 2.27. The Hall–Kier alpha value is -2.04. The molecule has 1 fully saturated rings. The maximum absolute atomic E-state index is 12.6. The summed E-state index contributed by atoms with van der Waals surface area (Å²) in [5.74, 6) is -0.215. The minimum Gasteiger partial charge on any atom is -0.399 e. The van der Waals surface area contributed by atoms with Crippen LogP contribution in [0.25, 0.3) is 0 Å². The van der Waals surface area contributed by atoms with E-state index in [1.807, 2.05) is 19.1 Å². The SMILES string of the molecule is CNC(=O)C1CCCCN1C(=O)c1cc(C)cc(N)c1. The van der Waals surface area contributed by atoms with Crippen LogP contribution in [0.1, 0.15) is 35.2 Å². The van der Waals surface area contributed by atoms with Gasteiger partial charge < -0.3 is 16.0 Å². The van der Waals surface area contributed by atoms with Gasteiger partial charge in [0.05, 0.1) is 0 Å². The predicted octanol–water partition coefficient (Wildman–Crippen LogP) is 1.32.